The first-order valence-electron chi connectivity index (χ1n) is 9.69. The number of fused-ring (bicyclic) bond motifs is 1. The molecule has 1 N–H and O–H groups in total. The third-order valence-corrected chi connectivity index (χ3v) is 5.19. The van der Waals surface area contributed by atoms with Crippen molar-refractivity contribution < 1.29 is 13.9 Å². The van der Waals surface area contributed by atoms with E-state index in [-0.39, 0.29) is 17.7 Å². The summed E-state index contributed by atoms with van der Waals surface area (Å²) in [6.45, 7) is 3.19. The Balaban J connectivity index is 1.65. The van der Waals surface area contributed by atoms with Crippen LogP contribution < -0.4 is 5.56 Å². The van der Waals surface area contributed by atoms with Crippen LogP contribution in [0.1, 0.15) is 54.4 Å². The van der Waals surface area contributed by atoms with E-state index in [2.05, 4.69) is 15.0 Å². The smallest absolute Gasteiger partial charge is 0.343 e. The molecule has 0 amide bonds. The van der Waals surface area contributed by atoms with Crippen molar-refractivity contribution in [1.82, 2.24) is 19.5 Å². The quantitative estimate of drug-likeness (QED) is 0.630. The SMILES string of the molecule is CCOC(=O)c1c[nH]n2c(=O)cc(CN(Cc3ccco3)C3CCCC3)nc12. The Morgan fingerprint density at radius 3 is 2.93 bits per heavy atom. The van der Waals surface area contributed by atoms with Gasteiger partial charge in [0, 0.05) is 24.8 Å². The number of nitrogens with zero attached hydrogens (tertiary/aromatic N) is 3. The highest BCUT2D eigenvalue weighted by molar-refractivity contribution is 5.95. The Morgan fingerprint density at radius 2 is 2.21 bits per heavy atom. The summed E-state index contributed by atoms with van der Waals surface area (Å²) in [7, 11) is 0. The van der Waals surface area contributed by atoms with Crippen molar-refractivity contribution in [1.29, 1.82) is 0 Å². The van der Waals surface area contributed by atoms with E-state index < -0.39 is 5.97 Å². The Hall–Kier alpha value is -2.87. The summed E-state index contributed by atoms with van der Waals surface area (Å²) in [4.78, 5) is 31.6. The number of rotatable bonds is 7. The largest absolute Gasteiger partial charge is 0.468 e. The topological polar surface area (TPSA) is 92.8 Å². The van der Waals surface area contributed by atoms with Gasteiger partial charge in [0.25, 0.3) is 5.56 Å². The Bertz CT molecular complexity index is 999. The van der Waals surface area contributed by atoms with Crippen LogP contribution in [0, 0.1) is 0 Å². The van der Waals surface area contributed by atoms with E-state index in [9.17, 15) is 9.59 Å². The first-order chi connectivity index (χ1) is 13.7. The highest BCUT2D eigenvalue weighted by Crippen LogP contribution is 2.26. The zero-order valence-corrected chi connectivity index (χ0v) is 15.9. The average molecular weight is 384 g/mol. The molecule has 3 heterocycles. The van der Waals surface area contributed by atoms with Gasteiger partial charge in [0.1, 0.15) is 11.3 Å². The molecule has 0 unspecified atom stereocenters. The number of ether oxygens (including phenoxy) is 1. The van der Waals surface area contributed by atoms with E-state index in [1.807, 2.05) is 12.1 Å². The second-order valence-electron chi connectivity index (χ2n) is 7.07. The van der Waals surface area contributed by atoms with Crippen LogP contribution in [0.4, 0.5) is 0 Å². The maximum atomic E-state index is 12.5. The van der Waals surface area contributed by atoms with Crippen molar-refractivity contribution in [2.45, 2.75) is 51.7 Å². The van der Waals surface area contributed by atoms with Gasteiger partial charge in [0.2, 0.25) is 0 Å². The molecule has 0 bridgehead atoms. The predicted molar refractivity (Wildman–Crippen MR) is 102 cm³/mol. The number of furan rings is 1. The summed E-state index contributed by atoms with van der Waals surface area (Å²) in [6.07, 6.45) is 7.80. The standard InChI is InChI=1S/C20H24N4O4/c1-2-27-20(26)17-11-21-24-18(25)10-14(22-19(17)24)12-23(15-6-3-4-7-15)13-16-8-5-9-28-16/h5,8-11,15,21H,2-4,6-7,12-13H2,1H3. The van der Waals surface area contributed by atoms with Gasteiger partial charge in [-0.2, -0.15) is 0 Å². The highest BCUT2D eigenvalue weighted by atomic mass is 16.5. The number of carbonyl (C=O) groups excluding carboxylic acids is 1. The summed E-state index contributed by atoms with van der Waals surface area (Å²) >= 11 is 0. The third-order valence-electron chi connectivity index (χ3n) is 5.19. The molecule has 0 aromatic carbocycles. The van der Waals surface area contributed by atoms with Crippen LogP contribution in [0.2, 0.25) is 0 Å². The molecule has 1 aliphatic rings. The van der Waals surface area contributed by atoms with Crippen molar-refractivity contribution in [3.8, 4) is 0 Å². The summed E-state index contributed by atoms with van der Waals surface area (Å²) in [6, 6.07) is 5.78. The van der Waals surface area contributed by atoms with Crippen LogP contribution in [0.25, 0.3) is 5.65 Å². The van der Waals surface area contributed by atoms with E-state index in [1.165, 1.54) is 29.6 Å². The Labute approximate surface area is 162 Å². The number of aromatic nitrogens is 3. The third kappa shape index (κ3) is 3.73. The van der Waals surface area contributed by atoms with E-state index in [0.29, 0.717) is 30.5 Å². The van der Waals surface area contributed by atoms with E-state index >= 15 is 0 Å². The van der Waals surface area contributed by atoms with Crippen molar-refractivity contribution in [3.63, 3.8) is 0 Å². The Kier molecular flexibility index (Phi) is 5.29. The van der Waals surface area contributed by atoms with Gasteiger partial charge in [-0.3, -0.25) is 14.8 Å². The second kappa shape index (κ2) is 8.02. The lowest BCUT2D eigenvalue weighted by Crippen LogP contribution is -2.33. The fourth-order valence-corrected chi connectivity index (χ4v) is 3.86. The number of carbonyl (C=O) groups is 1. The van der Waals surface area contributed by atoms with E-state index in [0.717, 1.165) is 18.6 Å². The van der Waals surface area contributed by atoms with Gasteiger partial charge >= 0.3 is 5.97 Å². The lowest BCUT2D eigenvalue weighted by molar-refractivity contribution is 0.0528. The summed E-state index contributed by atoms with van der Waals surface area (Å²) in [5.74, 6) is 0.395. The van der Waals surface area contributed by atoms with Crippen LogP contribution in [0.15, 0.2) is 39.9 Å². The Morgan fingerprint density at radius 1 is 1.39 bits per heavy atom. The lowest BCUT2D eigenvalue weighted by atomic mass is 10.2. The number of hydrogen-bond donors (Lipinski definition) is 1. The molecule has 0 atom stereocenters. The summed E-state index contributed by atoms with van der Waals surface area (Å²) in [5, 5.41) is 2.78. The molecule has 3 aromatic heterocycles. The first-order valence-corrected chi connectivity index (χ1v) is 9.69. The molecule has 3 aromatic rings. The zero-order valence-electron chi connectivity index (χ0n) is 15.9. The summed E-state index contributed by atoms with van der Waals surface area (Å²) in [5.41, 5.74) is 0.943. The van der Waals surface area contributed by atoms with E-state index in [1.54, 1.807) is 13.2 Å². The molecule has 4 rings (SSSR count). The molecular weight excluding hydrogens is 360 g/mol. The first kappa shape index (κ1) is 18.5. The van der Waals surface area contributed by atoms with Gasteiger partial charge in [0.15, 0.2) is 5.65 Å². The maximum Gasteiger partial charge on any atom is 0.343 e. The van der Waals surface area contributed by atoms with Gasteiger partial charge in [-0.05, 0) is 31.9 Å². The molecule has 148 valence electrons. The molecule has 1 fully saturated rings. The van der Waals surface area contributed by atoms with Crippen molar-refractivity contribution in [3.05, 3.63) is 58.0 Å². The van der Waals surface area contributed by atoms with Crippen LogP contribution in [-0.2, 0) is 17.8 Å². The normalized spacial score (nSPS) is 14.9. The number of hydrogen-bond acceptors (Lipinski definition) is 6. The van der Waals surface area contributed by atoms with Crippen LogP contribution >= 0.6 is 0 Å². The second-order valence-corrected chi connectivity index (χ2v) is 7.07. The molecule has 28 heavy (non-hydrogen) atoms. The van der Waals surface area contributed by atoms with Crippen molar-refractivity contribution >= 4 is 11.6 Å². The molecule has 0 spiro atoms. The van der Waals surface area contributed by atoms with Gasteiger partial charge in [0.05, 0.1) is 25.1 Å². The molecule has 8 heteroatoms. The lowest BCUT2D eigenvalue weighted by Gasteiger charge is -2.27. The number of nitrogens with one attached hydrogen (secondary N) is 1. The number of esters is 1. The number of H-pyrrole nitrogens is 1. The molecule has 0 aliphatic heterocycles. The fraction of sp³-hybridized carbons (Fsp3) is 0.450. The molecule has 8 nitrogen and oxygen atoms in total. The molecule has 0 saturated heterocycles. The molecule has 1 saturated carbocycles. The van der Waals surface area contributed by atoms with Crippen LogP contribution in [0.3, 0.4) is 0 Å². The minimum atomic E-state index is -0.492. The predicted octanol–water partition coefficient (Wildman–Crippen LogP) is 2.74. The maximum absolute atomic E-state index is 12.5. The highest BCUT2D eigenvalue weighted by Gasteiger charge is 2.25. The van der Waals surface area contributed by atoms with Gasteiger partial charge in [-0.1, -0.05) is 12.8 Å². The van der Waals surface area contributed by atoms with Crippen molar-refractivity contribution in [2.24, 2.45) is 0 Å². The average Bonchev–Trinajstić information content (AvgIpc) is 3.43. The molecule has 0 radical (unpaired) electrons. The molecule has 1 aliphatic carbocycles. The van der Waals surface area contributed by atoms with Crippen LogP contribution in [0.5, 0.6) is 0 Å². The minimum absolute atomic E-state index is 0.250. The van der Waals surface area contributed by atoms with Gasteiger partial charge < -0.3 is 9.15 Å². The summed E-state index contributed by atoms with van der Waals surface area (Å²) < 4.78 is 11.9. The van der Waals surface area contributed by atoms with E-state index in [4.69, 9.17) is 9.15 Å². The zero-order chi connectivity index (χ0) is 19.5. The van der Waals surface area contributed by atoms with Crippen molar-refractivity contribution in [2.75, 3.05) is 6.61 Å². The molecular formula is C20H24N4O4. The monoisotopic (exact) mass is 384 g/mol. The van der Waals surface area contributed by atoms with Gasteiger partial charge in [-0.25, -0.2) is 14.3 Å². The fourth-order valence-electron chi connectivity index (χ4n) is 3.86. The minimum Gasteiger partial charge on any atom is -0.468 e. The van der Waals surface area contributed by atoms with Gasteiger partial charge in [-0.15, -0.1) is 0 Å². The van der Waals surface area contributed by atoms with Crippen LogP contribution in [-0.4, -0.2) is 38.1 Å². The number of aromatic amines is 1.